The number of hydrogen-bond acceptors (Lipinski definition) is 7. The highest BCUT2D eigenvalue weighted by Gasteiger charge is 2.39. The van der Waals surface area contributed by atoms with Crippen LogP contribution in [0.25, 0.3) is 0 Å². The van der Waals surface area contributed by atoms with Gasteiger partial charge >= 0.3 is 0 Å². The minimum atomic E-state index is -0.683. The highest BCUT2D eigenvalue weighted by atomic mass is 35.5. The van der Waals surface area contributed by atoms with Crippen LogP contribution in [0.15, 0.2) is 17.1 Å². The van der Waals surface area contributed by atoms with Crippen molar-refractivity contribution in [1.82, 2.24) is 15.1 Å². The van der Waals surface area contributed by atoms with Gasteiger partial charge in [-0.2, -0.15) is 0 Å². The van der Waals surface area contributed by atoms with E-state index in [9.17, 15) is 19.8 Å². The molecule has 1 saturated heterocycles. The number of hydrogen-bond donors (Lipinski definition) is 3. The zero-order chi connectivity index (χ0) is 27.1. The molecule has 9 nitrogen and oxygen atoms in total. The van der Waals surface area contributed by atoms with Crippen LogP contribution in [0.4, 0.5) is 5.69 Å². The Morgan fingerprint density at radius 1 is 1.26 bits per heavy atom. The summed E-state index contributed by atoms with van der Waals surface area (Å²) < 4.78 is 5.91. The second-order valence-corrected chi connectivity index (χ2v) is 10.9. The van der Waals surface area contributed by atoms with E-state index in [1.165, 1.54) is 19.3 Å². The molecule has 10 heteroatoms. The van der Waals surface area contributed by atoms with Gasteiger partial charge in [-0.15, -0.1) is 0 Å². The fourth-order valence-corrected chi connectivity index (χ4v) is 5.84. The molecule has 2 fully saturated rings. The van der Waals surface area contributed by atoms with Crippen molar-refractivity contribution in [2.45, 2.75) is 102 Å². The maximum atomic E-state index is 13.0. The summed E-state index contributed by atoms with van der Waals surface area (Å²) in [6, 6.07) is 3.24. The third kappa shape index (κ3) is 6.79. The Morgan fingerprint density at radius 3 is 2.79 bits per heavy atom. The maximum absolute atomic E-state index is 13.0. The molecule has 2 aliphatic heterocycles. The molecule has 210 valence electrons. The Labute approximate surface area is 230 Å². The number of benzene rings is 1. The summed E-state index contributed by atoms with van der Waals surface area (Å²) in [5, 5.41) is 23.2. The molecule has 3 N–H and O–H groups in total. The van der Waals surface area contributed by atoms with Crippen molar-refractivity contribution >= 4 is 35.1 Å². The molecule has 0 spiro atoms. The smallest absolute Gasteiger partial charge is 0.251 e. The van der Waals surface area contributed by atoms with E-state index in [1.54, 1.807) is 17.0 Å². The van der Waals surface area contributed by atoms with Gasteiger partial charge in [0.25, 0.3) is 5.91 Å². The Balaban J connectivity index is 1.22. The van der Waals surface area contributed by atoms with Crippen LogP contribution < -0.4 is 10.1 Å². The average Bonchev–Trinajstić information content (AvgIpc) is 3.24. The monoisotopic (exact) mass is 548 g/mol. The number of amides is 2. The van der Waals surface area contributed by atoms with Gasteiger partial charge in [0.15, 0.2) is 0 Å². The summed E-state index contributed by atoms with van der Waals surface area (Å²) in [5.41, 5.74) is 1.40. The maximum Gasteiger partial charge on any atom is 0.251 e. The fourth-order valence-electron chi connectivity index (χ4n) is 5.56. The number of halogens is 1. The first kappa shape index (κ1) is 28.6. The summed E-state index contributed by atoms with van der Waals surface area (Å²) in [6.45, 7) is 3.39. The van der Waals surface area contributed by atoms with E-state index < -0.39 is 12.1 Å². The van der Waals surface area contributed by atoms with E-state index in [4.69, 9.17) is 16.3 Å². The number of nitrogens with zero attached hydrogens (tertiary/aromatic N) is 3. The van der Waals surface area contributed by atoms with Crippen molar-refractivity contribution in [3.8, 4) is 5.75 Å². The van der Waals surface area contributed by atoms with Crippen molar-refractivity contribution in [1.29, 1.82) is 0 Å². The number of carbonyl (C=O) groups is 2. The number of aliphatic imine (C=N–C) groups is 1. The second kappa shape index (κ2) is 13.6. The Bertz CT molecular complexity index is 1010. The minimum Gasteiger partial charge on any atom is -0.492 e. The molecule has 1 aromatic rings. The quantitative estimate of drug-likeness (QED) is 0.322. The molecule has 1 saturated carbocycles. The number of carbonyl (C=O) groups excluding carboxylic acids is 2. The summed E-state index contributed by atoms with van der Waals surface area (Å²) in [7, 11) is 0. The van der Waals surface area contributed by atoms with Crippen LogP contribution in [0.3, 0.4) is 0 Å². The summed E-state index contributed by atoms with van der Waals surface area (Å²) >= 11 is 6.62. The summed E-state index contributed by atoms with van der Waals surface area (Å²) in [5.74, 6) is 0.831. The fraction of sp³-hybridized carbons (Fsp3) is 0.679. The number of unbranched alkanes of at least 4 members (excludes halogenated alkanes) is 1. The molecule has 4 rings (SSSR count). The predicted molar refractivity (Wildman–Crippen MR) is 147 cm³/mol. The minimum absolute atomic E-state index is 0.172. The molecule has 2 amide bonds. The van der Waals surface area contributed by atoms with Crippen LogP contribution in [0.2, 0.25) is 5.02 Å². The van der Waals surface area contributed by atoms with Gasteiger partial charge in [0.2, 0.25) is 11.9 Å². The largest absolute Gasteiger partial charge is 0.492 e. The summed E-state index contributed by atoms with van der Waals surface area (Å²) in [6.07, 6.45) is 9.42. The third-order valence-corrected chi connectivity index (χ3v) is 8.23. The van der Waals surface area contributed by atoms with Crippen molar-refractivity contribution in [2.75, 3.05) is 19.8 Å². The average molecular weight is 549 g/mol. The Kier molecular flexibility index (Phi) is 10.3. The van der Waals surface area contributed by atoms with Crippen LogP contribution in [-0.4, -0.2) is 75.7 Å². The lowest BCUT2D eigenvalue weighted by Crippen LogP contribution is -2.42. The molecule has 38 heavy (non-hydrogen) atoms. The number of aliphatic hydroxyl groups is 2. The summed E-state index contributed by atoms with van der Waals surface area (Å²) in [4.78, 5) is 33.3. The van der Waals surface area contributed by atoms with Gasteiger partial charge in [-0.25, -0.2) is 4.99 Å². The predicted octanol–water partition coefficient (Wildman–Crippen LogP) is 3.90. The normalized spacial score (nSPS) is 19.9. The van der Waals surface area contributed by atoms with Crippen LogP contribution in [0.5, 0.6) is 5.75 Å². The van der Waals surface area contributed by atoms with Crippen LogP contribution >= 0.6 is 11.6 Å². The molecular formula is C28H41ClN4O5. The van der Waals surface area contributed by atoms with E-state index in [1.807, 2.05) is 0 Å². The number of rotatable bonds is 13. The third-order valence-electron chi connectivity index (χ3n) is 7.82. The Morgan fingerprint density at radius 2 is 2.05 bits per heavy atom. The number of nitrogens with one attached hydrogen (secondary N) is 1. The first-order valence-electron chi connectivity index (χ1n) is 14.1. The molecule has 2 unspecified atom stereocenters. The van der Waals surface area contributed by atoms with Gasteiger partial charge < -0.3 is 24.7 Å². The standard InChI is InChI=1S/C28H41ClN4O5/c1-2-3-15-32(19-8-5-4-6-9-19)25(36)14-11-20(35)10-7-16-38-24-13-12-22-21(26(24)29)17-33-23(18-34)27(37)31-28(33)30-22/h12-13,19-20,23,34-35H,2-11,14-18H2,1H3,(H,30,31,37). The van der Waals surface area contributed by atoms with Crippen molar-refractivity contribution < 1.29 is 24.5 Å². The topological polar surface area (TPSA) is 115 Å². The van der Waals surface area contributed by atoms with Crippen LogP contribution in [-0.2, 0) is 16.1 Å². The number of guanidine groups is 1. The number of ether oxygens (including phenoxy) is 1. The SMILES string of the molecule is CCCCN(C(=O)CCC(O)CCCOc1ccc2c(c1Cl)CN1C(=N2)NC(=O)C1CO)C1CCCCC1. The molecule has 2 heterocycles. The van der Waals surface area contributed by atoms with Gasteiger partial charge in [-0.1, -0.05) is 44.2 Å². The zero-order valence-electron chi connectivity index (χ0n) is 22.3. The van der Waals surface area contributed by atoms with Gasteiger partial charge in [0, 0.05) is 24.6 Å². The lowest BCUT2D eigenvalue weighted by Gasteiger charge is -2.34. The van der Waals surface area contributed by atoms with Crippen LogP contribution in [0, 0.1) is 0 Å². The molecule has 0 aromatic heterocycles. The van der Waals surface area contributed by atoms with Gasteiger partial charge in [0.1, 0.15) is 11.8 Å². The van der Waals surface area contributed by atoms with Crippen molar-refractivity contribution in [3.63, 3.8) is 0 Å². The number of aliphatic hydroxyl groups excluding tert-OH is 2. The van der Waals surface area contributed by atoms with E-state index in [-0.39, 0.29) is 18.4 Å². The number of fused-ring (bicyclic) bond motifs is 2. The lowest BCUT2D eigenvalue weighted by atomic mass is 9.93. The highest BCUT2D eigenvalue weighted by Crippen LogP contribution is 2.39. The first-order chi connectivity index (χ1) is 18.4. The zero-order valence-corrected chi connectivity index (χ0v) is 23.1. The first-order valence-corrected chi connectivity index (χ1v) is 14.5. The molecule has 2 atom stereocenters. The molecule has 1 aromatic carbocycles. The van der Waals surface area contributed by atoms with Crippen molar-refractivity contribution in [3.05, 3.63) is 22.7 Å². The second-order valence-electron chi connectivity index (χ2n) is 10.5. The van der Waals surface area contributed by atoms with Gasteiger partial charge in [-0.05, 0) is 50.7 Å². The lowest BCUT2D eigenvalue weighted by molar-refractivity contribution is -0.135. The van der Waals surface area contributed by atoms with E-state index in [0.717, 1.165) is 37.8 Å². The van der Waals surface area contributed by atoms with Crippen molar-refractivity contribution in [2.24, 2.45) is 4.99 Å². The molecular weight excluding hydrogens is 508 g/mol. The molecule has 3 aliphatic rings. The van der Waals surface area contributed by atoms with Gasteiger partial charge in [-0.3, -0.25) is 14.9 Å². The van der Waals surface area contributed by atoms with Gasteiger partial charge in [0.05, 0.1) is 36.6 Å². The van der Waals surface area contributed by atoms with E-state index in [2.05, 4.69) is 22.1 Å². The van der Waals surface area contributed by atoms with Crippen LogP contribution in [0.1, 0.15) is 83.1 Å². The molecule has 1 aliphatic carbocycles. The van der Waals surface area contributed by atoms with E-state index in [0.29, 0.717) is 67.3 Å². The Hall–Kier alpha value is -2.36. The molecule has 0 bridgehead atoms. The molecule has 0 radical (unpaired) electrons. The van der Waals surface area contributed by atoms with E-state index >= 15 is 0 Å². The highest BCUT2D eigenvalue weighted by molar-refractivity contribution is 6.33.